The second kappa shape index (κ2) is 6.79. The van der Waals surface area contributed by atoms with E-state index >= 15 is 0 Å². The highest BCUT2D eigenvalue weighted by molar-refractivity contribution is 6.03. The Morgan fingerprint density at radius 3 is 2.52 bits per heavy atom. The molecule has 3 aromatic rings. The topological polar surface area (TPSA) is 51.5 Å². The Balaban J connectivity index is 1.67. The van der Waals surface area contributed by atoms with E-state index in [1.807, 2.05) is 30.3 Å². The van der Waals surface area contributed by atoms with Crippen LogP contribution in [-0.2, 0) is 6.61 Å². The number of carbonyl (C=O) groups excluding carboxylic acids is 1. The van der Waals surface area contributed by atoms with Crippen LogP contribution in [0.2, 0.25) is 0 Å². The van der Waals surface area contributed by atoms with Crippen LogP contribution in [0.3, 0.4) is 0 Å². The summed E-state index contributed by atoms with van der Waals surface area (Å²) in [5.41, 5.74) is 1.12. The predicted octanol–water partition coefficient (Wildman–Crippen LogP) is 4.25. The first-order chi connectivity index (χ1) is 11.2. The molecule has 116 valence electrons. The van der Waals surface area contributed by atoms with Gasteiger partial charge in [-0.25, -0.2) is 4.39 Å². The molecule has 0 unspecified atom stereocenters. The largest absolute Gasteiger partial charge is 0.489 e. The number of rotatable bonds is 5. The van der Waals surface area contributed by atoms with Gasteiger partial charge in [0.2, 0.25) is 0 Å². The maximum absolute atomic E-state index is 12.9. The lowest BCUT2D eigenvalue weighted by Crippen LogP contribution is -2.13. The van der Waals surface area contributed by atoms with Crippen molar-refractivity contribution in [2.45, 2.75) is 6.61 Å². The smallest absolute Gasteiger partial charge is 0.291 e. The SMILES string of the molecule is O=C(Nc1ccc(F)cc1)c1occc1COc1ccccc1. The third-order valence-electron chi connectivity index (χ3n) is 3.19. The fourth-order valence-corrected chi connectivity index (χ4v) is 2.05. The second-order valence-electron chi connectivity index (χ2n) is 4.84. The lowest BCUT2D eigenvalue weighted by Gasteiger charge is -2.07. The third-order valence-corrected chi connectivity index (χ3v) is 3.19. The molecule has 0 saturated heterocycles. The molecular weight excluding hydrogens is 297 g/mol. The van der Waals surface area contributed by atoms with Gasteiger partial charge in [0, 0.05) is 11.3 Å². The van der Waals surface area contributed by atoms with E-state index < -0.39 is 5.91 Å². The number of anilines is 1. The molecule has 23 heavy (non-hydrogen) atoms. The molecule has 0 atom stereocenters. The monoisotopic (exact) mass is 311 g/mol. The summed E-state index contributed by atoms with van der Waals surface area (Å²) < 4.78 is 23.7. The summed E-state index contributed by atoms with van der Waals surface area (Å²) in [5, 5.41) is 2.66. The number of para-hydroxylation sites is 1. The fourth-order valence-electron chi connectivity index (χ4n) is 2.05. The molecule has 1 heterocycles. The van der Waals surface area contributed by atoms with Crippen LogP contribution in [-0.4, -0.2) is 5.91 Å². The van der Waals surface area contributed by atoms with Crippen LogP contribution < -0.4 is 10.1 Å². The van der Waals surface area contributed by atoms with Crippen molar-refractivity contribution in [3.63, 3.8) is 0 Å². The van der Waals surface area contributed by atoms with Gasteiger partial charge in [-0.05, 0) is 42.5 Å². The molecule has 0 spiro atoms. The minimum Gasteiger partial charge on any atom is -0.489 e. The number of halogens is 1. The molecule has 2 aromatic carbocycles. The van der Waals surface area contributed by atoms with E-state index in [2.05, 4.69) is 5.32 Å². The highest BCUT2D eigenvalue weighted by atomic mass is 19.1. The van der Waals surface area contributed by atoms with Gasteiger partial charge >= 0.3 is 0 Å². The Morgan fingerprint density at radius 2 is 1.78 bits per heavy atom. The number of benzene rings is 2. The van der Waals surface area contributed by atoms with Crippen molar-refractivity contribution < 1.29 is 18.3 Å². The third kappa shape index (κ3) is 3.77. The van der Waals surface area contributed by atoms with E-state index in [1.54, 1.807) is 6.07 Å². The van der Waals surface area contributed by atoms with Gasteiger partial charge in [-0.3, -0.25) is 4.79 Å². The molecule has 0 aliphatic rings. The molecule has 3 rings (SSSR count). The number of ether oxygens (including phenoxy) is 1. The predicted molar refractivity (Wildman–Crippen MR) is 83.8 cm³/mol. The van der Waals surface area contributed by atoms with Gasteiger partial charge in [-0.15, -0.1) is 0 Å². The highest BCUT2D eigenvalue weighted by Gasteiger charge is 2.16. The van der Waals surface area contributed by atoms with Gasteiger partial charge in [0.1, 0.15) is 18.2 Å². The van der Waals surface area contributed by atoms with Gasteiger partial charge < -0.3 is 14.5 Å². The van der Waals surface area contributed by atoms with Crippen LogP contribution in [0.1, 0.15) is 16.1 Å². The number of furan rings is 1. The van der Waals surface area contributed by atoms with Crippen LogP contribution in [0, 0.1) is 5.82 Å². The first-order valence-electron chi connectivity index (χ1n) is 7.03. The van der Waals surface area contributed by atoms with Gasteiger partial charge in [-0.1, -0.05) is 18.2 Å². The molecule has 0 aliphatic carbocycles. The average Bonchev–Trinajstić information content (AvgIpc) is 3.05. The summed E-state index contributed by atoms with van der Waals surface area (Å²) in [6, 6.07) is 16.5. The fraction of sp³-hybridized carbons (Fsp3) is 0.0556. The van der Waals surface area contributed by atoms with Crippen LogP contribution in [0.4, 0.5) is 10.1 Å². The van der Waals surface area contributed by atoms with Crippen LogP contribution in [0.25, 0.3) is 0 Å². The molecule has 5 heteroatoms. The first-order valence-corrected chi connectivity index (χ1v) is 7.03. The number of hydrogen-bond acceptors (Lipinski definition) is 3. The number of amides is 1. The minimum absolute atomic E-state index is 0.172. The summed E-state index contributed by atoms with van der Waals surface area (Å²) in [6.45, 7) is 0.215. The number of hydrogen-bond donors (Lipinski definition) is 1. The van der Waals surface area contributed by atoms with E-state index in [4.69, 9.17) is 9.15 Å². The lowest BCUT2D eigenvalue weighted by molar-refractivity contribution is 0.0993. The summed E-state index contributed by atoms with van der Waals surface area (Å²) in [6.07, 6.45) is 1.43. The molecule has 1 aromatic heterocycles. The standard InChI is InChI=1S/C18H14FNO3/c19-14-6-8-15(9-7-14)20-18(21)17-13(10-11-22-17)12-23-16-4-2-1-3-5-16/h1-11H,12H2,(H,20,21). The zero-order chi connectivity index (χ0) is 16.1. The normalized spacial score (nSPS) is 10.3. The Labute approximate surface area is 132 Å². The van der Waals surface area contributed by atoms with Crippen molar-refractivity contribution in [3.8, 4) is 5.75 Å². The first kappa shape index (κ1) is 14.8. The van der Waals surface area contributed by atoms with E-state index in [0.717, 1.165) is 0 Å². The molecule has 0 saturated carbocycles. The minimum atomic E-state index is -0.409. The quantitative estimate of drug-likeness (QED) is 0.766. The van der Waals surface area contributed by atoms with Crippen LogP contribution >= 0.6 is 0 Å². The van der Waals surface area contributed by atoms with Crippen molar-refractivity contribution in [3.05, 3.63) is 84.1 Å². The van der Waals surface area contributed by atoms with Crippen molar-refractivity contribution >= 4 is 11.6 Å². The zero-order valence-electron chi connectivity index (χ0n) is 12.2. The van der Waals surface area contributed by atoms with Gasteiger partial charge in [0.15, 0.2) is 5.76 Å². The molecular formula is C18H14FNO3. The number of carbonyl (C=O) groups is 1. The Kier molecular flexibility index (Phi) is 4.38. The van der Waals surface area contributed by atoms with E-state index in [-0.39, 0.29) is 18.2 Å². The van der Waals surface area contributed by atoms with Crippen molar-refractivity contribution in [1.29, 1.82) is 0 Å². The molecule has 1 amide bonds. The van der Waals surface area contributed by atoms with Crippen molar-refractivity contribution in [2.24, 2.45) is 0 Å². The molecule has 0 radical (unpaired) electrons. The average molecular weight is 311 g/mol. The van der Waals surface area contributed by atoms with Crippen LogP contribution in [0.5, 0.6) is 5.75 Å². The van der Waals surface area contributed by atoms with E-state index in [9.17, 15) is 9.18 Å². The van der Waals surface area contributed by atoms with Gasteiger partial charge in [0.05, 0.1) is 6.26 Å². The Hall–Kier alpha value is -3.08. The Bertz CT molecular complexity index is 782. The summed E-state index contributed by atoms with van der Waals surface area (Å²) in [7, 11) is 0. The maximum Gasteiger partial charge on any atom is 0.291 e. The van der Waals surface area contributed by atoms with Gasteiger partial charge in [-0.2, -0.15) is 0 Å². The molecule has 0 bridgehead atoms. The van der Waals surface area contributed by atoms with Crippen molar-refractivity contribution in [2.75, 3.05) is 5.32 Å². The summed E-state index contributed by atoms with van der Waals surface area (Å²) in [5.74, 6) is 0.107. The molecule has 4 nitrogen and oxygen atoms in total. The summed E-state index contributed by atoms with van der Waals surface area (Å²) >= 11 is 0. The molecule has 0 aliphatic heterocycles. The molecule has 0 fully saturated rings. The highest BCUT2D eigenvalue weighted by Crippen LogP contribution is 2.17. The Morgan fingerprint density at radius 1 is 1.04 bits per heavy atom. The number of nitrogens with one attached hydrogen (secondary N) is 1. The van der Waals surface area contributed by atoms with E-state index in [1.165, 1.54) is 30.5 Å². The second-order valence-corrected chi connectivity index (χ2v) is 4.84. The molecule has 1 N–H and O–H groups in total. The zero-order valence-corrected chi connectivity index (χ0v) is 12.2. The summed E-state index contributed by atoms with van der Waals surface area (Å²) in [4.78, 5) is 12.2. The maximum atomic E-state index is 12.9. The van der Waals surface area contributed by atoms with E-state index in [0.29, 0.717) is 17.0 Å². The van der Waals surface area contributed by atoms with Crippen LogP contribution in [0.15, 0.2) is 71.3 Å². The lowest BCUT2D eigenvalue weighted by atomic mass is 10.2. The van der Waals surface area contributed by atoms with Gasteiger partial charge in [0.25, 0.3) is 5.91 Å². The van der Waals surface area contributed by atoms with Crippen molar-refractivity contribution in [1.82, 2.24) is 0 Å².